The molecule has 1 N–H and O–H groups in total. The van der Waals surface area contributed by atoms with Crippen LogP contribution in [0.3, 0.4) is 0 Å². The summed E-state index contributed by atoms with van der Waals surface area (Å²) in [7, 11) is 0. The molecule has 2 aromatic rings. The van der Waals surface area contributed by atoms with Gasteiger partial charge in [0.05, 0.1) is 6.04 Å². The van der Waals surface area contributed by atoms with Crippen molar-refractivity contribution in [1.29, 1.82) is 0 Å². The Hall–Kier alpha value is -2.66. The molecule has 1 heterocycles. The summed E-state index contributed by atoms with van der Waals surface area (Å²) in [4.78, 5) is 28.1. The molecular weight excluding hydrogens is 340 g/mol. The Labute approximate surface area is 160 Å². The Morgan fingerprint density at radius 1 is 1.11 bits per heavy atom. The monoisotopic (exact) mass is 366 g/mol. The predicted octanol–water partition coefficient (Wildman–Crippen LogP) is 3.08. The highest BCUT2D eigenvalue weighted by Gasteiger charge is 2.34. The van der Waals surface area contributed by atoms with Gasteiger partial charge in [-0.05, 0) is 29.7 Å². The molecule has 1 aliphatic heterocycles. The second kappa shape index (κ2) is 8.82. The van der Waals surface area contributed by atoms with Crippen LogP contribution in [0.2, 0.25) is 0 Å². The zero-order valence-corrected chi connectivity index (χ0v) is 15.7. The second-order valence-electron chi connectivity index (χ2n) is 6.90. The Bertz CT molecular complexity index is 791. The van der Waals surface area contributed by atoms with Gasteiger partial charge in [0, 0.05) is 12.2 Å². The number of aliphatic hydroxyl groups excluding tert-OH is 1. The third-order valence-corrected chi connectivity index (χ3v) is 5.05. The average Bonchev–Trinajstić information content (AvgIpc) is 2.72. The molecule has 0 bridgehead atoms. The van der Waals surface area contributed by atoms with Crippen molar-refractivity contribution in [2.75, 3.05) is 24.6 Å². The van der Waals surface area contributed by atoms with Crippen LogP contribution in [0.25, 0.3) is 11.1 Å². The third kappa shape index (κ3) is 4.37. The van der Waals surface area contributed by atoms with Crippen LogP contribution in [0.15, 0.2) is 54.6 Å². The van der Waals surface area contributed by atoms with E-state index >= 15 is 0 Å². The largest absolute Gasteiger partial charge is 0.387 e. The smallest absolute Gasteiger partial charge is 0.249 e. The summed E-state index contributed by atoms with van der Waals surface area (Å²) in [5.74, 6) is -0.489. The van der Waals surface area contributed by atoms with E-state index in [0.717, 1.165) is 36.1 Å². The van der Waals surface area contributed by atoms with E-state index in [1.165, 1.54) is 4.90 Å². The van der Waals surface area contributed by atoms with Crippen molar-refractivity contribution in [2.45, 2.75) is 32.2 Å². The molecule has 3 rings (SSSR count). The summed E-state index contributed by atoms with van der Waals surface area (Å²) < 4.78 is 0. The van der Waals surface area contributed by atoms with Gasteiger partial charge in [-0.1, -0.05) is 62.2 Å². The molecule has 142 valence electrons. The maximum absolute atomic E-state index is 12.7. The number of unbranched alkanes of at least 4 members (excludes halogenated alkanes) is 1. The molecule has 27 heavy (non-hydrogen) atoms. The van der Waals surface area contributed by atoms with Crippen LogP contribution in [0, 0.1) is 0 Å². The Morgan fingerprint density at radius 2 is 1.85 bits per heavy atom. The summed E-state index contributed by atoms with van der Waals surface area (Å²) in [5, 5.41) is 9.25. The van der Waals surface area contributed by atoms with E-state index in [-0.39, 0.29) is 24.4 Å². The highest BCUT2D eigenvalue weighted by molar-refractivity contribution is 5.98. The zero-order valence-electron chi connectivity index (χ0n) is 15.7. The molecule has 5 nitrogen and oxygen atoms in total. The van der Waals surface area contributed by atoms with Crippen molar-refractivity contribution < 1.29 is 14.7 Å². The van der Waals surface area contributed by atoms with E-state index in [4.69, 9.17) is 0 Å². The molecule has 0 aromatic heterocycles. The van der Waals surface area contributed by atoms with E-state index in [0.29, 0.717) is 6.54 Å². The number of rotatable bonds is 6. The highest BCUT2D eigenvalue weighted by Crippen LogP contribution is 2.27. The molecule has 0 unspecified atom stereocenters. The fraction of sp³-hybridized carbons (Fsp3) is 0.364. The van der Waals surface area contributed by atoms with Gasteiger partial charge >= 0.3 is 0 Å². The van der Waals surface area contributed by atoms with Gasteiger partial charge in [-0.2, -0.15) is 0 Å². The lowest BCUT2D eigenvalue weighted by molar-refractivity contribution is -0.142. The van der Waals surface area contributed by atoms with Crippen LogP contribution in [-0.2, 0) is 9.59 Å². The van der Waals surface area contributed by atoms with Gasteiger partial charge in [0.25, 0.3) is 0 Å². The zero-order chi connectivity index (χ0) is 19.2. The van der Waals surface area contributed by atoms with E-state index in [1.54, 1.807) is 4.90 Å². The summed E-state index contributed by atoms with van der Waals surface area (Å²) in [5.41, 5.74) is 3.00. The van der Waals surface area contributed by atoms with Crippen LogP contribution < -0.4 is 4.90 Å². The Morgan fingerprint density at radius 3 is 2.56 bits per heavy atom. The first kappa shape index (κ1) is 19.1. The van der Waals surface area contributed by atoms with Crippen molar-refractivity contribution in [3.8, 4) is 11.1 Å². The van der Waals surface area contributed by atoms with E-state index < -0.39 is 6.61 Å². The fourth-order valence-electron chi connectivity index (χ4n) is 3.57. The standard InChI is InChI=1S/C22H26N2O3/c1-2-3-11-20-14-23(21(26)15-24(20)22(27)16-25)19-12-7-10-18(13-19)17-8-5-4-6-9-17/h4-10,12-13,20,25H,2-3,11,14-16H2,1H3/t20-/m0/s1. The van der Waals surface area contributed by atoms with Gasteiger partial charge < -0.3 is 14.9 Å². The molecule has 5 heteroatoms. The summed E-state index contributed by atoms with van der Waals surface area (Å²) >= 11 is 0. The van der Waals surface area contributed by atoms with Crippen molar-refractivity contribution >= 4 is 17.5 Å². The number of amides is 2. The summed E-state index contributed by atoms with van der Waals surface area (Å²) in [6.07, 6.45) is 2.82. The fourth-order valence-corrected chi connectivity index (χ4v) is 3.57. The van der Waals surface area contributed by atoms with Crippen molar-refractivity contribution in [1.82, 2.24) is 4.90 Å². The van der Waals surface area contributed by atoms with Crippen LogP contribution >= 0.6 is 0 Å². The number of anilines is 1. The lowest BCUT2D eigenvalue weighted by Crippen LogP contribution is -2.58. The lowest BCUT2D eigenvalue weighted by Gasteiger charge is -2.41. The van der Waals surface area contributed by atoms with E-state index in [2.05, 4.69) is 6.92 Å². The lowest BCUT2D eigenvalue weighted by atomic mass is 10.0. The minimum absolute atomic E-state index is 0.0172. The number of aliphatic hydroxyl groups is 1. The number of benzene rings is 2. The molecule has 0 saturated carbocycles. The number of carbonyl (C=O) groups is 2. The van der Waals surface area contributed by atoms with Crippen LogP contribution in [0.4, 0.5) is 5.69 Å². The van der Waals surface area contributed by atoms with Crippen molar-refractivity contribution in [3.63, 3.8) is 0 Å². The maximum atomic E-state index is 12.7. The number of hydrogen-bond donors (Lipinski definition) is 1. The molecule has 1 atom stereocenters. The predicted molar refractivity (Wildman–Crippen MR) is 106 cm³/mol. The number of carbonyl (C=O) groups excluding carboxylic acids is 2. The van der Waals surface area contributed by atoms with Gasteiger partial charge in [-0.25, -0.2) is 0 Å². The van der Waals surface area contributed by atoms with Gasteiger partial charge in [-0.15, -0.1) is 0 Å². The first-order valence-corrected chi connectivity index (χ1v) is 9.50. The van der Waals surface area contributed by atoms with Crippen LogP contribution in [-0.4, -0.2) is 47.6 Å². The molecule has 1 aliphatic rings. The van der Waals surface area contributed by atoms with Crippen molar-refractivity contribution in [2.24, 2.45) is 0 Å². The van der Waals surface area contributed by atoms with Gasteiger partial charge in [0.1, 0.15) is 13.2 Å². The SMILES string of the molecule is CCCC[C@H]1CN(c2cccc(-c3ccccc3)c2)C(=O)CN1C(=O)CO. The maximum Gasteiger partial charge on any atom is 0.249 e. The molecule has 1 saturated heterocycles. The first-order valence-electron chi connectivity index (χ1n) is 9.50. The molecule has 0 radical (unpaired) electrons. The van der Waals surface area contributed by atoms with Crippen LogP contribution in [0.1, 0.15) is 26.2 Å². The van der Waals surface area contributed by atoms with E-state index in [1.807, 2.05) is 54.6 Å². The number of piperazine rings is 1. The highest BCUT2D eigenvalue weighted by atomic mass is 16.3. The number of hydrogen-bond acceptors (Lipinski definition) is 3. The number of nitrogens with zero attached hydrogens (tertiary/aromatic N) is 2. The molecule has 2 aromatic carbocycles. The van der Waals surface area contributed by atoms with Gasteiger partial charge in [0.15, 0.2) is 0 Å². The minimum Gasteiger partial charge on any atom is -0.387 e. The molecule has 2 amide bonds. The third-order valence-electron chi connectivity index (χ3n) is 5.05. The molecule has 1 fully saturated rings. The summed E-state index contributed by atoms with van der Waals surface area (Å²) in [6, 6.07) is 17.9. The van der Waals surface area contributed by atoms with Crippen LogP contribution in [0.5, 0.6) is 0 Å². The molecule has 0 aliphatic carbocycles. The van der Waals surface area contributed by atoms with Gasteiger partial charge in [-0.3, -0.25) is 9.59 Å². The average molecular weight is 366 g/mol. The van der Waals surface area contributed by atoms with Crippen molar-refractivity contribution in [3.05, 3.63) is 54.6 Å². The minimum atomic E-state index is -0.556. The Balaban J connectivity index is 1.86. The van der Waals surface area contributed by atoms with E-state index in [9.17, 15) is 14.7 Å². The van der Waals surface area contributed by atoms with Gasteiger partial charge in [0.2, 0.25) is 11.8 Å². The summed E-state index contributed by atoms with van der Waals surface area (Å²) in [6.45, 7) is 2.03. The Kier molecular flexibility index (Phi) is 6.24. The molecular formula is C22H26N2O3. The quantitative estimate of drug-likeness (QED) is 0.855. The topological polar surface area (TPSA) is 60.9 Å². The second-order valence-corrected chi connectivity index (χ2v) is 6.90. The first-order chi connectivity index (χ1) is 13.1. The molecule has 0 spiro atoms. The normalized spacial score (nSPS) is 17.3.